The first-order valence-electron chi connectivity index (χ1n) is 8.06. The molecule has 0 aromatic heterocycles. The van der Waals surface area contributed by atoms with Crippen LogP contribution in [0.2, 0.25) is 5.02 Å². The molecule has 1 atom stereocenters. The molecule has 1 heterocycles. The van der Waals surface area contributed by atoms with Gasteiger partial charge >= 0.3 is 6.03 Å². The third-order valence-corrected chi connectivity index (χ3v) is 4.99. The molecule has 0 saturated carbocycles. The van der Waals surface area contributed by atoms with Gasteiger partial charge < -0.3 is 16.0 Å². The number of nitrogens with two attached hydrogens (primary N) is 1. The zero-order chi connectivity index (χ0) is 17.0. The minimum Gasteiger partial charge on any atom is -0.369 e. The van der Waals surface area contributed by atoms with E-state index in [1.54, 1.807) is 11.0 Å². The fourth-order valence-electron chi connectivity index (χ4n) is 3.14. The number of primary amides is 1. The van der Waals surface area contributed by atoms with E-state index in [4.69, 9.17) is 17.3 Å². The molecule has 6 heteroatoms. The van der Waals surface area contributed by atoms with Crippen molar-refractivity contribution in [1.82, 2.24) is 4.90 Å². The highest BCUT2D eigenvalue weighted by Crippen LogP contribution is 2.33. The van der Waals surface area contributed by atoms with Crippen molar-refractivity contribution in [2.45, 2.75) is 39.5 Å². The normalized spacial score (nSPS) is 21.1. The highest BCUT2D eigenvalue weighted by atomic mass is 35.5. The summed E-state index contributed by atoms with van der Waals surface area (Å²) in [6.45, 7) is 4.97. The summed E-state index contributed by atoms with van der Waals surface area (Å²) in [4.78, 5) is 26.1. The van der Waals surface area contributed by atoms with Crippen molar-refractivity contribution >= 4 is 29.2 Å². The lowest BCUT2D eigenvalue weighted by molar-refractivity contribution is -0.130. The first-order valence-corrected chi connectivity index (χ1v) is 8.44. The number of carbonyl (C=O) groups excluding carboxylic acids is 2. The van der Waals surface area contributed by atoms with Gasteiger partial charge in [0.15, 0.2) is 0 Å². The van der Waals surface area contributed by atoms with E-state index < -0.39 is 5.41 Å². The average molecular weight is 338 g/mol. The molecule has 1 fully saturated rings. The fourth-order valence-corrected chi connectivity index (χ4v) is 3.33. The number of aryl methyl sites for hydroxylation is 1. The van der Waals surface area contributed by atoms with Crippen LogP contribution in [0.5, 0.6) is 0 Å². The third-order valence-electron chi connectivity index (χ3n) is 4.75. The van der Waals surface area contributed by atoms with Crippen molar-refractivity contribution in [3.8, 4) is 0 Å². The number of benzene rings is 1. The van der Waals surface area contributed by atoms with Crippen LogP contribution in [-0.4, -0.2) is 29.9 Å². The van der Waals surface area contributed by atoms with E-state index in [1.165, 1.54) is 0 Å². The average Bonchev–Trinajstić information content (AvgIpc) is 2.56. The van der Waals surface area contributed by atoms with Crippen LogP contribution in [0.3, 0.4) is 0 Å². The van der Waals surface area contributed by atoms with Gasteiger partial charge in [0.05, 0.1) is 5.41 Å². The summed E-state index contributed by atoms with van der Waals surface area (Å²) in [6.07, 6.45) is 2.94. The highest BCUT2D eigenvalue weighted by molar-refractivity contribution is 6.30. The molecule has 3 amide bonds. The van der Waals surface area contributed by atoms with Crippen molar-refractivity contribution < 1.29 is 9.59 Å². The van der Waals surface area contributed by atoms with Crippen molar-refractivity contribution in [2.75, 3.05) is 18.4 Å². The maximum absolute atomic E-state index is 12.6. The first kappa shape index (κ1) is 17.6. The number of urea groups is 1. The number of hydrogen-bond donors (Lipinski definition) is 2. The SMILES string of the molecule is CCc1cc(Cl)ccc1NC(=O)N1CCC[C@@](CC)(C(N)=O)C1. The molecule has 0 radical (unpaired) electrons. The van der Waals surface area contributed by atoms with Crippen LogP contribution in [-0.2, 0) is 11.2 Å². The number of carbonyl (C=O) groups is 2. The monoisotopic (exact) mass is 337 g/mol. The Kier molecular flexibility index (Phi) is 5.52. The van der Waals surface area contributed by atoms with Crippen LogP contribution in [0.1, 0.15) is 38.7 Å². The number of likely N-dealkylation sites (tertiary alicyclic amines) is 1. The van der Waals surface area contributed by atoms with E-state index in [0.29, 0.717) is 24.5 Å². The standard InChI is InChI=1S/C17H24ClN3O2/c1-3-12-10-13(18)6-7-14(12)20-16(23)21-9-5-8-17(4-2,11-21)15(19)22/h6-7,10H,3-5,8-9,11H2,1-2H3,(H2,19,22)(H,20,23)/t17-/m1/s1. The summed E-state index contributed by atoms with van der Waals surface area (Å²) >= 11 is 6.00. The summed E-state index contributed by atoms with van der Waals surface area (Å²) in [5.41, 5.74) is 6.71. The number of anilines is 1. The molecule has 1 aliphatic rings. The van der Waals surface area contributed by atoms with Crippen LogP contribution in [0, 0.1) is 5.41 Å². The summed E-state index contributed by atoms with van der Waals surface area (Å²) in [5.74, 6) is -0.321. The smallest absolute Gasteiger partial charge is 0.321 e. The Morgan fingerprint density at radius 1 is 1.39 bits per heavy atom. The van der Waals surface area contributed by atoms with Crippen molar-refractivity contribution in [3.63, 3.8) is 0 Å². The number of halogens is 1. The highest BCUT2D eigenvalue weighted by Gasteiger charge is 2.40. The van der Waals surface area contributed by atoms with E-state index >= 15 is 0 Å². The van der Waals surface area contributed by atoms with Gasteiger partial charge in [0.2, 0.25) is 5.91 Å². The first-order chi connectivity index (χ1) is 10.9. The minimum atomic E-state index is -0.608. The topological polar surface area (TPSA) is 75.4 Å². The summed E-state index contributed by atoms with van der Waals surface area (Å²) in [7, 11) is 0. The number of nitrogens with one attached hydrogen (secondary N) is 1. The third kappa shape index (κ3) is 3.78. The number of rotatable bonds is 4. The van der Waals surface area contributed by atoms with Crippen molar-refractivity contribution in [2.24, 2.45) is 11.1 Å². The van der Waals surface area contributed by atoms with Gasteiger partial charge in [0.25, 0.3) is 0 Å². The second-order valence-corrected chi connectivity index (χ2v) is 6.54. The Morgan fingerprint density at radius 3 is 2.74 bits per heavy atom. The molecule has 0 bridgehead atoms. The van der Waals surface area contributed by atoms with Gasteiger partial charge in [0, 0.05) is 23.8 Å². The molecule has 0 unspecified atom stereocenters. The maximum Gasteiger partial charge on any atom is 0.321 e. The Bertz CT molecular complexity index is 606. The van der Waals surface area contributed by atoms with Crippen LogP contribution in [0.25, 0.3) is 0 Å². The largest absolute Gasteiger partial charge is 0.369 e. The number of hydrogen-bond acceptors (Lipinski definition) is 2. The van der Waals surface area contributed by atoms with Gasteiger partial charge in [-0.25, -0.2) is 4.79 Å². The Hall–Kier alpha value is -1.75. The second-order valence-electron chi connectivity index (χ2n) is 6.11. The molecule has 1 saturated heterocycles. The summed E-state index contributed by atoms with van der Waals surface area (Å²) in [6, 6.07) is 5.23. The number of nitrogens with zero attached hydrogens (tertiary/aromatic N) is 1. The van der Waals surface area contributed by atoms with Crippen LogP contribution in [0.15, 0.2) is 18.2 Å². The summed E-state index contributed by atoms with van der Waals surface area (Å²) in [5, 5.41) is 3.58. The molecule has 126 valence electrons. The van der Waals surface area contributed by atoms with Crippen LogP contribution < -0.4 is 11.1 Å². The van der Waals surface area contributed by atoms with E-state index in [9.17, 15) is 9.59 Å². The van der Waals surface area contributed by atoms with Crippen molar-refractivity contribution in [1.29, 1.82) is 0 Å². The zero-order valence-electron chi connectivity index (χ0n) is 13.7. The Balaban J connectivity index is 2.13. The number of amides is 3. The number of piperidine rings is 1. The maximum atomic E-state index is 12.6. The Labute approximate surface area is 142 Å². The predicted octanol–water partition coefficient (Wildman–Crippen LogP) is 3.41. The molecule has 3 N–H and O–H groups in total. The molecule has 1 aromatic rings. The molecule has 23 heavy (non-hydrogen) atoms. The van der Waals surface area contributed by atoms with E-state index in [2.05, 4.69) is 5.32 Å². The predicted molar refractivity (Wildman–Crippen MR) is 92.6 cm³/mol. The van der Waals surface area contributed by atoms with Gasteiger partial charge in [-0.15, -0.1) is 0 Å². The molecular formula is C17H24ClN3O2. The zero-order valence-corrected chi connectivity index (χ0v) is 14.4. The molecule has 2 rings (SSSR count). The lowest BCUT2D eigenvalue weighted by Crippen LogP contribution is -2.52. The van der Waals surface area contributed by atoms with Crippen LogP contribution in [0.4, 0.5) is 10.5 Å². The second kappa shape index (κ2) is 7.21. The van der Waals surface area contributed by atoms with Gasteiger partial charge in [-0.2, -0.15) is 0 Å². The molecule has 5 nitrogen and oxygen atoms in total. The fraction of sp³-hybridized carbons (Fsp3) is 0.529. The molecular weight excluding hydrogens is 314 g/mol. The van der Waals surface area contributed by atoms with Gasteiger partial charge in [-0.1, -0.05) is 25.4 Å². The Morgan fingerprint density at radius 2 is 2.13 bits per heavy atom. The van der Waals surface area contributed by atoms with Crippen molar-refractivity contribution in [3.05, 3.63) is 28.8 Å². The van der Waals surface area contributed by atoms with Gasteiger partial charge in [0.1, 0.15) is 0 Å². The lowest BCUT2D eigenvalue weighted by atomic mass is 9.77. The molecule has 0 aliphatic carbocycles. The lowest BCUT2D eigenvalue weighted by Gasteiger charge is -2.40. The quantitative estimate of drug-likeness (QED) is 0.883. The van der Waals surface area contributed by atoms with E-state index in [0.717, 1.165) is 30.5 Å². The molecule has 1 aromatic carbocycles. The van der Waals surface area contributed by atoms with E-state index in [1.807, 2.05) is 26.0 Å². The summed E-state index contributed by atoms with van der Waals surface area (Å²) < 4.78 is 0. The van der Waals surface area contributed by atoms with Gasteiger partial charge in [-0.05, 0) is 49.4 Å². The molecule has 0 spiro atoms. The minimum absolute atomic E-state index is 0.194. The molecule has 1 aliphatic heterocycles. The van der Waals surface area contributed by atoms with E-state index in [-0.39, 0.29) is 11.9 Å². The van der Waals surface area contributed by atoms with Gasteiger partial charge in [-0.3, -0.25) is 4.79 Å². The van der Waals surface area contributed by atoms with Crippen LogP contribution >= 0.6 is 11.6 Å².